The lowest BCUT2D eigenvalue weighted by atomic mass is 9.78. The highest BCUT2D eigenvalue weighted by molar-refractivity contribution is 6.02. The number of phenolic OH excluding ortho intramolecular Hbond substituents is 1. The second-order valence-corrected chi connectivity index (χ2v) is 5.13. The van der Waals surface area contributed by atoms with Crippen LogP contribution in [0.15, 0.2) is 18.2 Å². The number of carbonyl (C=O) groups is 1. The predicted molar refractivity (Wildman–Crippen MR) is 72.7 cm³/mol. The summed E-state index contributed by atoms with van der Waals surface area (Å²) in [6, 6.07) is 3.67. The monoisotopic (exact) mass is 279 g/mol. The van der Waals surface area contributed by atoms with Crippen LogP contribution in [0.3, 0.4) is 0 Å². The number of halogens is 1. The van der Waals surface area contributed by atoms with E-state index in [0.29, 0.717) is 37.0 Å². The molecule has 0 heterocycles. The number of hydrazine groups is 1. The molecule has 0 bridgehead atoms. The Labute approximate surface area is 116 Å². The Kier molecular flexibility index (Phi) is 4.34. The molecule has 1 aliphatic carbocycles. The second-order valence-electron chi connectivity index (χ2n) is 5.13. The summed E-state index contributed by atoms with van der Waals surface area (Å²) in [5, 5.41) is 17.9. The number of aromatic hydroxyl groups is 1. The Balaban J connectivity index is 2.03. The largest absolute Gasteiger partial charge is 0.507 e. The summed E-state index contributed by atoms with van der Waals surface area (Å²) in [5.74, 6) is 4.08. The summed E-state index contributed by atoms with van der Waals surface area (Å²) in [7, 11) is 0. The first kappa shape index (κ1) is 14.5. The van der Waals surface area contributed by atoms with Crippen LogP contribution in [-0.4, -0.2) is 16.7 Å². The van der Waals surface area contributed by atoms with Gasteiger partial charge in [-0.25, -0.2) is 10.2 Å². The molecule has 1 fully saturated rings. The number of carbonyl (C=O) groups excluding carboxylic acids is 1. The summed E-state index contributed by atoms with van der Waals surface area (Å²) in [6.45, 7) is 0. The maximum atomic E-state index is 12.9. The first-order chi connectivity index (χ1) is 9.52. The Morgan fingerprint density at radius 3 is 2.45 bits per heavy atom. The van der Waals surface area contributed by atoms with Crippen LogP contribution in [0.1, 0.15) is 31.2 Å². The van der Waals surface area contributed by atoms with Crippen molar-refractivity contribution in [1.29, 1.82) is 5.41 Å². The van der Waals surface area contributed by atoms with Gasteiger partial charge in [-0.05, 0) is 37.8 Å². The van der Waals surface area contributed by atoms with Crippen LogP contribution in [0.4, 0.5) is 4.39 Å². The van der Waals surface area contributed by atoms with Gasteiger partial charge in [0.05, 0.1) is 0 Å². The molecule has 5 nitrogen and oxygen atoms in total. The molecule has 1 saturated carbocycles. The highest BCUT2D eigenvalue weighted by atomic mass is 19.1. The van der Waals surface area contributed by atoms with Gasteiger partial charge in [-0.15, -0.1) is 0 Å². The van der Waals surface area contributed by atoms with Gasteiger partial charge in [0.2, 0.25) is 5.91 Å². The molecule has 1 aromatic carbocycles. The number of nitrogens with one attached hydrogen (secondary N) is 2. The molecule has 20 heavy (non-hydrogen) atoms. The molecule has 2 rings (SSSR count). The Hall–Kier alpha value is -1.95. The van der Waals surface area contributed by atoms with Gasteiger partial charge in [-0.3, -0.25) is 10.2 Å². The molecule has 1 aliphatic rings. The van der Waals surface area contributed by atoms with Crippen LogP contribution >= 0.6 is 0 Å². The number of amides is 1. The summed E-state index contributed by atoms with van der Waals surface area (Å²) in [5.41, 5.74) is 2.81. The minimum atomic E-state index is -0.526. The Bertz CT molecular complexity index is 525. The average Bonchev–Trinajstić information content (AvgIpc) is 2.46. The van der Waals surface area contributed by atoms with Crippen molar-refractivity contribution >= 4 is 11.6 Å². The number of nitrogens with two attached hydrogens (primary N) is 1. The first-order valence-electron chi connectivity index (χ1n) is 6.60. The average molecular weight is 279 g/mol. The van der Waals surface area contributed by atoms with E-state index in [1.807, 2.05) is 0 Å². The van der Waals surface area contributed by atoms with Gasteiger partial charge in [-0.1, -0.05) is 0 Å². The highest BCUT2D eigenvalue weighted by Crippen LogP contribution is 2.33. The zero-order chi connectivity index (χ0) is 14.7. The van der Waals surface area contributed by atoms with E-state index in [1.54, 1.807) is 0 Å². The first-order valence-corrected chi connectivity index (χ1v) is 6.60. The molecule has 0 aliphatic heterocycles. The van der Waals surface area contributed by atoms with E-state index < -0.39 is 5.82 Å². The van der Waals surface area contributed by atoms with Gasteiger partial charge < -0.3 is 10.5 Å². The molecule has 0 saturated heterocycles. The van der Waals surface area contributed by atoms with Crippen LogP contribution in [0, 0.1) is 23.1 Å². The SMILES string of the molecule is N=C(c1ccc(F)cc1O)C1CCC(C(=O)NN)CC1. The topological polar surface area (TPSA) is 99.2 Å². The van der Waals surface area contributed by atoms with Gasteiger partial charge in [0, 0.05) is 29.2 Å². The number of hydrogen-bond acceptors (Lipinski definition) is 4. The molecule has 108 valence electrons. The number of rotatable bonds is 3. The minimum Gasteiger partial charge on any atom is -0.507 e. The summed E-state index contributed by atoms with van der Waals surface area (Å²) >= 11 is 0. The number of benzene rings is 1. The maximum absolute atomic E-state index is 12.9. The summed E-state index contributed by atoms with van der Waals surface area (Å²) < 4.78 is 12.9. The third-order valence-corrected chi connectivity index (χ3v) is 3.90. The van der Waals surface area contributed by atoms with Crippen LogP contribution in [-0.2, 0) is 4.79 Å². The minimum absolute atomic E-state index is 0.0202. The van der Waals surface area contributed by atoms with Crippen molar-refractivity contribution in [2.75, 3.05) is 0 Å². The Morgan fingerprint density at radius 2 is 1.90 bits per heavy atom. The molecule has 0 atom stereocenters. The fourth-order valence-corrected chi connectivity index (χ4v) is 2.71. The number of hydrogen-bond donors (Lipinski definition) is 4. The molecule has 0 unspecified atom stereocenters. The van der Waals surface area contributed by atoms with Gasteiger partial charge in [-0.2, -0.15) is 0 Å². The standard InChI is InChI=1S/C14H18FN3O2/c15-10-5-6-11(12(19)7-10)13(16)8-1-3-9(4-2-8)14(20)18-17/h5-9,16,19H,1-4,17H2,(H,18,20). The lowest BCUT2D eigenvalue weighted by Gasteiger charge is -2.28. The van der Waals surface area contributed by atoms with Crippen LogP contribution in [0.2, 0.25) is 0 Å². The van der Waals surface area contributed by atoms with Crippen molar-refractivity contribution in [2.45, 2.75) is 25.7 Å². The van der Waals surface area contributed by atoms with E-state index in [4.69, 9.17) is 11.3 Å². The van der Waals surface area contributed by atoms with Crippen LogP contribution in [0.25, 0.3) is 0 Å². The van der Waals surface area contributed by atoms with Gasteiger partial charge in [0.15, 0.2) is 0 Å². The second kappa shape index (κ2) is 6.00. The van der Waals surface area contributed by atoms with Gasteiger partial charge in [0.25, 0.3) is 0 Å². The van der Waals surface area contributed by atoms with Crippen molar-refractivity contribution < 1.29 is 14.3 Å². The van der Waals surface area contributed by atoms with Crippen molar-refractivity contribution in [3.63, 3.8) is 0 Å². The Morgan fingerprint density at radius 1 is 1.30 bits per heavy atom. The van der Waals surface area contributed by atoms with E-state index >= 15 is 0 Å². The zero-order valence-corrected chi connectivity index (χ0v) is 11.0. The quantitative estimate of drug-likeness (QED) is 0.293. The maximum Gasteiger partial charge on any atom is 0.236 e. The summed E-state index contributed by atoms with van der Waals surface area (Å²) in [4.78, 5) is 11.4. The van der Waals surface area contributed by atoms with Gasteiger partial charge >= 0.3 is 0 Å². The van der Waals surface area contributed by atoms with E-state index in [-0.39, 0.29) is 23.5 Å². The molecular weight excluding hydrogens is 261 g/mol. The number of phenols is 1. The smallest absolute Gasteiger partial charge is 0.236 e. The fourth-order valence-electron chi connectivity index (χ4n) is 2.71. The predicted octanol–water partition coefficient (Wildman–Crippen LogP) is 1.70. The van der Waals surface area contributed by atoms with Crippen molar-refractivity contribution in [3.8, 4) is 5.75 Å². The molecule has 0 aromatic heterocycles. The van der Waals surface area contributed by atoms with E-state index in [1.165, 1.54) is 12.1 Å². The van der Waals surface area contributed by atoms with E-state index in [9.17, 15) is 14.3 Å². The summed E-state index contributed by atoms with van der Waals surface area (Å²) in [6.07, 6.45) is 2.71. The van der Waals surface area contributed by atoms with Crippen LogP contribution < -0.4 is 11.3 Å². The lowest BCUT2D eigenvalue weighted by molar-refractivity contribution is -0.126. The third kappa shape index (κ3) is 2.96. The van der Waals surface area contributed by atoms with Crippen molar-refractivity contribution in [3.05, 3.63) is 29.6 Å². The van der Waals surface area contributed by atoms with Crippen molar-refractivity contribution in [1.82, 2.24) is 5.43 Å². The highest BCUT2D eigenvalue weighted by Gasteiger charge is 2.29. The lowest BCUT2D eigenvalue weighted by Crippen LogP contribution is -2.38. The normalized spacial score (nSPS) is 22.3. The molecular formula is C14H18FN3O2. The molecule has 1 amide bonds. The molecule has 0 spiro atoms. The fraction of sp³-hybridized carbons (Fsp3) is 0.429. The van der Waals surface area contributed by atoms with Crippen LogP contribution in [0.5, 0.6) is 5.75 Å². The van der Waals surface area contributed by atoms with E-state index in [0.717, 1.165) is 6.07 Å². The van der Waals surface area contributed by atoms with E-state index in [2.05, 4.69) is 5.43 Å². The van der Waals surface area contributed by atoms with Crippen molar-refractivity contribution in [2.24, 2.45) is 17.7 Å². The van der Waals surface area contributed by atoms with Gasteiger partial charge in [0.1, 0.15) is 11.6 Å². The molecule has 0 radical (unpaired) electrons. The molecule has 1 aromatic rings. The molecule has 5 N–H and O–H groups in total. The molecule has 6 heteroatoms. The third-order valence-electron chi connectivity index (χ3n) is 3.90. The zero-order valence-electron chi connectivity index (χ0n) is 11.0.